The van der Waals surface area contributed by atoms with Gasteiger partial charge in [0.2, 0.25) is 5.89 Å². The zero-order chi connectivity index (χ0) is 11.3. The molecule has 1 unspecified atom stereocenters. The van der Waals surface area contributed by atoms with Crippen molar-refractivity contribution in [1.82, 2.24) is 10.1 Å². The van der Waals surface area contributed by atoms with Crippen LogP contribution in [0.3, 0.4) is 0 Å². The summed E-state index contributed by atoms with van der Waals surface area (Å²) in [5.41, 5.74) is 5.95. The molecular weight excluding hydrogens is 190 g/mol. The van der Waals surface area contributed by atoms with Gasteiger partial charge in [0.25, 0.3) is 0 Å². The maximum Gasteiger partial charge on any atom is 0.228 e. The first kappa shape index (κ1) is 10.6. The molecule has 0 aromatic carbocycles. The molecule has 1 heterocycles. The second kappa shape index (κ2) is 3.04. The number of nitrogens with two attached hydrogens (primary N) is 1. The van der Waals surface area contributed by atoms with Crippen molar-refractivity contribution in [2.45, 2.75) is 52.0 Å². The molecule has 2 N–H and O–H groups in total. The Kier molecular flexibility index (Phi) is 2.15. The Bertz CT molecular complexity index is 362. The van der Waals surface area contributed by atoms with Crippen LogP contribution in [0.15, 0.2) is 4.52 Å². The summed E-state index contributed by atoms with van der Waals surface area (Å²) in [6.45, 7) is 8.36. The zero-order valence-electron chi connectivity index (χ0n) is 9.87. The van der Waals surface area contributed by atoms with Crippen molar-refractivity contribution in [1.29, 1.82) is 0 Å². The quantitative estimate of drug-likeness (QED) is 0.825. The van der Waals surface area contributed by atoms with Gasteiger partial charge in [0.05, 0.1) is 0 Å². The molecule has 2 rings (SSSR count). The highest BCUT2D eigenvalue weighted by molar-refractivity contribution is 5.14. The predicted molar refractivity (Wildman–Crippen MR) is 57.4 cm³/mol. The summed E-state index contributed by atoms with van der Waals surface area (Å²) in [7, 11) is 0. The molecule has 0 saturated heterocycles. The van der Waals surface area contributed by atoms with E-state index < -0.39 is 0 Å². The average molecular weight is 209 g/mol. The van der Waals surface area contributed by atoms with Crippen LogP contribution < -0.4 is 5.73 Å². The van der Waals surface area contributed by atoms with Crippen molar-refractivity contribution in [2.75, 3.05) is 0 Å². The minimum atomic E-state index is -0.289. The Hall–Kier alpha value is -0.900. The van der Waals surface area contributed by atoms with Gasteiger partial charge in [-0.05, 0) is 25.7 Å². The van der Waals surface area contributed by atoms with Crippen LogP contribution in [-0.2, 0) is 6.42 Å². The standard InChI is InChI=1S/C11H19N3O/c1-10(2)5-7(10)9-13-8(15-14-9)6-11(3,4)12/h7H,5-6,12H2,1-4H3. The van der Waals surface area contributed by atoms with Crippen LogP contribution in [0, 0.1) is 5.41 Å². The van der Waals surface area contributed by atoms with Crippen LogP contribution in [-0.4, -0.2) is 15.7 Å². The number of hydrogen-bond acceptors (Lipinski definition) is 4. The largest absolute Gasteiger partial charge is 0.339 e. The van der Waals surface area contributed by atoms with Gasteiger partial charge in [-0.1, -0.05) is 19.0 Å². The molecule has 0 spiro atoms. The van der Waals surface area contributed by atoms with E-state index in [9.17, 15) is 0 Å². The minimum absolute atomic E-state index is 0.289. The van der Waals surface area contributed by atoms with Crippen molar-refractivity contribution in [3.8, 4) is 0 Å². The predicted octanol–water partition coefficient (Wildman–Crippen LogP) is 1.86. The second-order valence-electron chi connectivity index (χ2n) is 5.96. The van der Waals surface area contributed by atoms with Crippen molar-refractivity contribution >= 4 is 0 Å². The lowest BCUT2D eigenvalue weighted by atomic mass is 10.0. The summed E-state index contributed by atoms with van der Waals surface area (Å²) < 4.78 is 5.19. The summed E-state index contributed by atoms with van der Waals surface area (Å²) in [5.74, 6) is 1.97. The Morgan fingerprint density at radius 3 is 2.60 bits per heavy atom. The number of nitrogens with zero attached hydrogens (tertiary/aromatic N) is 2. The molecule has 0 aliphatic heterocycles. The summed E-state index contributed by atoms with van der Waals surface area (Å²) in [5, 5.41) is 4.02. The zero-order valence-corrected chi connectivity index (χ0v) is 9.87. The highest BCUT2D eigenvalue weighted by atomic mass is 16.5. The van der Waals surface area contributed by atoms with Crippen molar-refractivity contribution in [3.63, 3.8) is 0 Å². The van der Waals surface area contributed by atoms with Gasteiger partial charge in [-0.25, -0.2) is 0 Å². The maximum atomic E-state index is 5.89. The summed E-state index contributed by atoms with van der Waals surface area (Å²) in [6, 6.07) is 0. The molecule has 0 bridgehead atoms. The lowest BCUT2D eigenvalue weighted by molar-refractivity contribution is 0.344. The van der Waals surface area contributed by atoms with Gasteiger partial charge in [-0.3, -0.25) is 0 Å². The number of aromatic nitrogens is 2. The van der Waals surface area contributed by atoms with Crippen LogP contribution in [0.4, 0.5) is 0 Å². The van der Waals surface area contributed by atoms with Crippen LogP contribution in [0.25, 0.3) is 0 Å². The van der Waals surface area contributed by atoms with Crippen LogP contribution in [0.2, 0.25) is 0 Å². The van der Waals surface area contributed by atoms with Gasteiger partial charge in [-0.2, -0.15) is 4.98 Å². The van der Waals surface area contributed by atoms with Gasteiger partial charge in [0, 0.05) is 17.9 Å². The van der Waals surface area contributed by atoms with Crippen LogP contribution in [0.5, 0.6) is 0 Å². The molecule has 1 saturated carbocycles. The Morgan fingerprint density at radius 1 is 1.53 bits per heavy atom. The van der Waals surface area contributed by atoms with E-state index in [4.69, 9.17) is 10.3 Å². The summed E-state index contributed by atoms with van der Waals surface area (Å²) in [6.07, 6.45) is 1.78. The molecule has 1 aliphatic carbocycles. The van der Waals surface area contributed by atoms with E-state index in [0.717, 1.165) is 12.2 Å². The normalized spacial score (nSPS) is 24.2. The van der Waals surface area contributed by atoms with Gasteiger partial charge < -0.3 is 10.3 Å². The molecule has 84 valence electrons. The maximum absolute atomic E-state index is 5.89. The minimum Gasteiger partial charge on any atom is -0.339 e. The van der Waals surface area contributed by atoms with E-state index in [1.54, 1.807) is 0 Å². The van der Waals surface area contributed by atoms with Gasteiger partial charge in [-0.15, -0.1) is 0 Å². The number of hydrogen-bond donors (Lipinski definition) is 1. The van der Waals surface area contributed by atoms with E-state index >= 15 is 0 Å². The van der Waals surface area contributed by atoms with E-state index in [1.807, 2.05) is 13.8 Å². The Labute approximate surface area is 90.2 Å². The van der Waals surface area contributed by atoms with Crippen LogP contribution >= 0.6 is 0 Å². The lowest BCUT2D eigenvalue weighted by Gasteiger charge is -2.14. The monoisotopic (exact) mass is 209 g/mol. The molecular formula is C11H19N3O. The molecule has 4 nitrogen and oxygen atoms in total. The molecule has 1 aliphatic rings. The molecule has 0 radical (unpaired) electrons. The van der Waals surface area contributed by atoms with E-state index in [2.05, 4.69) is 24.0 Å². The van der Waals surface area contributed by atoms with Crippen molar-refractivity contribution < 1.29 is 4.52 Å². The molecule has 1 aromatic rings. The molecule has 4 heteroatoms. The molecule has 0 amide bonds. The summed E-state index contributed by atoms with van der Waals surface area (Å²) >= 11 is 0. The van der Waals surface area contributed by atoms with Gasteiger partial charge in [0.1, 0.15) is 0 Å². The van der Waals surface area contributed by atoms with Gasteiger partial charge >= 0.3 is 0 Å². The van der Waals surface area contributed by atoms with Gasteiger partial charge in [0.15, 0.2) is 5.82 Å². The SMILES string of the molecule is CC(C)(N)Cc1nc(C2CC2(C)C)no1. The highest BCUT2D eigenvalue weighted by Crippen LogP contribution is 2.57. The van der Waals surface area contributed by atoms with Crippen LogP contribution in [0.1, 0.15) is 51.7 Å². The Balaban J connectivity index is 2.06. The molecule has 1 aromatic heterocycles. The fraction of sp³-hybridized carbons (Fsp3) is 0.818. The fourth-order valence-electron chi connectivity index (χ4n) is 1.78. The highest BCUT2D eigenvalue weighted by Gasteiger charge is 2.49. The third-order valence-electron chi connectivity index (χ3n) is 2.92. The van der Waals surface area contributed by atoms with E-state index in [-0.39, 0.29) is 5.54 Å². The molecule has 1 atom stereocenters. The first-order valence-electron chi connectivity index (χ1n) is 5.39. The topological polar surface area (TPSA) is 64.9 Å². The molecule has 1 fully saturated rings. The second-order valence-corrected chi connectivity index (χ2v) is 5.96. The Morgan fingerprint density at radius 2 is 2.13 bits per heavy atom. The lowest BCUT2D eigenvalue weighted by Crippen LogP contribution is -2.34. The summed E-state index contributed by atoms with van der Waals surface area (Å²) in [4.78, 5) is 4.40. The smallest absolute Gasteiger partial charge is 0.228 e. The van der Waals surface area contributed by atoms with E-state index in [0.29, 0.717) is 23.6 Å². The van der Waals surface area contributed by atoms with Crippen molar-refractivity contribution in [2.24, 2.45) is 11.1 Å². The third-order valence-corrected chi connectivity index (χ3v) is 2.92. The fourth-order valence-corrected chi connectivity index (χ4v) is 1.78. The third kappa shape index (κ3) is 2.37. The van der Waals surface area contributed by atoms with Crippen molar-refractivity contribution in [3.05, 3.63) is 11.7 Å². The first-order chi connectivity index (χ1) is 6.78. The first-order valence-corrected chi connectivity index (χ1v) is 5.39. The van der Waals surface area contributed by atoms with E-state index in [1.165, 1.54) is 0 Å². The average Bonchev–Trinajstić information content (AvgIpc) is 2.50. The molecule has 15 heavy (non-hydrogen) atoms. The number of rotatable bonds is 3.